The van der Waals surface area contributed by atoms with E-state index >= 15 is 0 Å². The Kier molecular flexibility index (Phi) is 4.80. The molecular weight excluding hydrogens is 440 g/mol. The minimum absolute atomic E-state index is 0.0460. The summed E-state index contributed by atoms with van der Waals surface area (Å²) in [5.74, 6) is 3.34. The first-order chi connectivity index (χ1) is 15.4. The van der Waals surface area contributed by atoms with Crippen molar-refractivity contribution in [3.63, 3.8) is 0 Å². The van der Waals surface area contributed by atoms with E-state index in [2.05, 4.69) is 25.9 Å². The van der Waals surface area contributed by atoms with Gasteiger partial charge in [0.25, 0.3) is 0 Å². The van der Waals surface area contributed by atoms with Crippen LogP contribution in [0.1, 0.15) is 50.8 Å². The van der Waals surface area contributed by atoms with E-state index in [4.69, 9.17) is 12.2 Å². The Bertz CT molecular complexity index is 1180. The molecule has 4 aliphatic carbocycles. The van der Waals surface area contributed by atoms with Gasteiger partial charge in [-0.1, -0.05) is 23.5 Å². The number of amides is 1. The molecule has 0 aliphatic heterocycles. The molecule has 32 heavy (non-hydrogen) atoms. The lowest BCUT2D eigenvalue weighted by Crippen LogP contribution is -2.48. The van der Waals surface area contributed by atoms with Crippen molar-refractivity contribution in [3.8, 4) is 10.6 Å². The number of fused-ring (bicyclic) bond motifs is 1. The van der Waals surface area contributed by atoms with Gasteiger partial charge < -0.3 is 10.6 Å². The maximum Gasteiger partial charge on any atom is 0.234 e. The van der Waals surface area contributed by atoms with Crippen LogP contribution in [0.5, 0.6) is 0 Å². The van der Waals surface area contributed by atoms with Gasteiger partial charge in [-0.2, -0.15) is 9.61 Å². The highest BCUT2D eigenvalue weighted by Gasteiger charge is 2.51. The third kappa shape index (κ3) is 3.71. The summed E-state index contributed by atoms with van der Waals surface area (Å²) in [4.78, 5) is 13.6. The molecule has 0 unspecified atom stereocenters. The maximum atomic E-state index is 12.9. The number of benzene rings is 1. The number of aromatic nitrogens is 4. The van der Waals surface area contributed by atoms with Gasteiger partial charge >= 0.3 is 0 Å². The number of nitrogens with zero attached hydrogens (tertiary/aromatic N) is 4. The van der Waals surface area contributed by atoms with Gasteiger partial charge in [0.2, 0.25) is 10.9 Å². The second-order valence-corrected chi connectivity index (χ2v) is 11.4. The van der Waals surface area contributed by atoms with Crippen LogP contribution in [0.15, 0.2) is 24.3 Å². The summed E-state index contributed by atoms with van der Waals surface area (Å²) in [5, 5.41) is 20.1. The van der Waals surface area contributed by atoms with Crippen LogP contribution in [-0.4, -0.2) is 30.8 Å². The molecule has 4 bridgehead atoms. The second-order valence-electron chi connectivity index (χ2n) is 10.0. The summed E-state index contributed by atoms with van der Waals surface area (Å²) in [5.41, 5.74) is 2.00. The highest BCUT2D eigenvalue weighted by molar-refractivity contribution is 7.80. The molecule has 2 heterocycles. The van der Waals surface area contributed by atoms with E-state index in [1.807, 2.05) is 31.2 Å². The van der Waals surface area contributed by atoms with Crippen molar-refractivity contribution in [1.82, 2.24) is 25.1 Å². The first kappa shape index (κ1) is 20.2. The van der Waals surface area contributed by atoms with Crippen LogP contribution in [0, 0.1) is 30.1 Å². The molecule has 3 aromatic rings. The molecule has 7 nitrogen and oxygen atoms in total. The Morgan fingerprint density at radius 3 is 2.59 bits per heavy atom. The summed E-state index contributed by atoms with van der Waals surface area (Å²) < 4.78 is 1.75. The molecule has 166 valence electrons. The van der Waals surface area contributed by atoms with Crippen molar-refractivity contribution in [3.05, 3.63) is 30.1 Å². The van der Waals surface area contributed by atoms with Crippen LogP contribution >= 0.6 is 23.6 Å². The molecule has 0 atom stereocenters. The molecular formula is C23H26N6OS2. The monoisotopic (exact) mass is 466 g/mol. The quantitative estimate of drug-likeness (QED) is 0.548. The van der Waals surface area contributed by atoms with Crippen molar-refractivity contribution in [2.45, 2.75) is 51.9 Å². The normalized spacial score (nSPS) is 28.2. The number of thiocarbonyl (C=S) groups is 1. The fourth-order valence-corrected chi connectivity index (χ4v) is 7.85. The Morgan fingerprint density at radius 1 is 1.19 bits per heavy atom. The first-order valence-corrected chi connectivity index (χ1v) is 12.6. The summed E-state index contributed by atoms with van der Waals surface area (Å²) in [6, 6.07) is 7.87. The van der Waals surface area contributed by atoms with Crippen LogP contribution in [-0.2, 0) is 4.79 Å². The van der Waals surface area contributed by atoms with E-state index in [-0.39, 0.29) is 11.3 Å². The number of rotatable bonds is 4. The third-order valence-electron chi connectivity index (χ3n) is 7.47. The molecule has 7 rings (SSSR count). The summed E-state index contributed by atoms with van der Waals surface area (Å²) >= 11 is 6.95. The van der Waals surface area contributed by atoms with E-state index in [1.54, 1.807) is 4.52 Å². The number of nitrogens with one attached hydrogen (secondary N) is 2. The number of hydrogen-bond acceptors (Lipinski definition) is 6. The molecule has 2 aromatic heterocycles. The molecule has 0 saturated heterocycles. The van der Waals surface area contributed by atoms with Gasteiger partial charge in [-0.3, -0.25) is 4.79 Å². The molecule has 0 spiro atoms. The number of hydrogen-bond donors (Lipinski definition) is 2. The van der Waals surface area contributed by atoms with Crippen LogP contribution < -0.4 is 10.6 Å². The molecule has 1 amide bonds. The van der Waals surface area contributed by atoms with Crippen molar-refractivity contribution >= 4 is 45.2 Å². The van der Waals surface area contributed by atoms with Crippen molar-refractivity contribution in [2.24, 2.45) is 23.2 Å². The molecule has 1 aromatic carbocycles. The third-order valence-corrected chi connectivity index (χ3v) is 8.62. The van der Waals surface area contributed by atoms with Gasteiger partial charge in [0.1, 0.15) is 5.01 Å². The topological polar surface area (TPSA) is 84.2 Å². The Labute approximate surface area is 196 Å². The Morgan fingerprint density at radius 2 is 1.91 bits per heavy atom. The molecule has 2 N–H and O–H groups in total. The second kappa shape index (κ2) is 7.59. The molecule has 9 heteroatoms. The number of anilines is 1. The summed E-state index contributed by atoms with van der Waals surface area (Å²) in [6.45, 7) is 1.88. The highest BCUT2D eigenvalue weighted by Crippen LogP contribution is 2.61. The number of aryl methyl sites for hydroxylation is 1. The van der Waals surface area contributed by atoms with E-state index in [1.165, 1.54) is 49.9 Å². The van der Waals surface area contributed by atoms with Crippen LogP contribution in [0.2, 0.25) is 0 Å². The summed E-state index contributed by atoms with van der Waals surface area (Å²) in [7, 11) is 0. The van der Waals surface area contributed by atoms with Crippen LogP contribution in [0.4, 0.5) is 5.69 Å². The van der Waals surface area contributed by atoms with Crippen molar-refractivity contribution < 1.29 is 4.79 Å². The van der Waals surface area contributed by atoms with Crippen molar-refractivity contribution in [2.75, 3.05) is 5.32 Å². The van der Waals surface area contributed by atoms with E-state index in [0.29, 0.717) is 11.5 Å². The van der Waals surface area contributed by atoms with Gasteiger partial charge in [-0.05, 0) is 93.0 Å². The van der Waals surface area contributed by atoms with Gasteiger partial charge in [0.15, 0.2) is 10.9 Å². The van der Waals surface area contributed by atoms with Crippen LogP contribution in [0.3, 0.4) is 0 Å². The van der Waals surface area contributed by atoms with Gasteiger partial charge in [0.05, 0.1) is 0 Å². The lowest BCUT2D eigenvalue weighted by molar-refractivity contribution is -0.127. The number of carbonyl (C=O) groups is 1. The molecule has 4 saturated carbocycles. The smallest absolute Gasteiger partial charge is 0.234 e. The zero-order valence-corrected chi connectivity index (χ0v) is 19.6. The largest absolute Gasteiger partial charge is 0.332 e. The molecule has 4 aliphatic rings. The minimum atomic E-state index is 0.0460. The molecule has 0 radical (unpaired) electrons. The Balaban J connectivity index is 1.10. The Hall–Kier alpha value is -2.39. The average Bonchev–Trinajstić information content (AvgIpc) is 3.28. The van der Waals surface area contributed by atoms with Gasteiger partial charge in [0, 0.05) is 17.7 Å². The predicted molar refractivity (Wildman–Crippen MR) is 128 cm³/mol. The first-order valence-electron chi connectivity index (χ1n) is 11.3. The van der Waals surface area contributed by atoms with Crippen molar-refractivity contribution in [1.29, 1.82) is 0 Å². The summed E-state index contributed by atoms with van der Waals surface area (Å²) in [6.07, 6.45) is 8.43. The SMILES string of the molecule is Cc1nnc2sc(-c3cccc(NC(=S)NC(=O)CC45CC6CC(CC(C6)C4)C5)c3)nn12. The number of carbonyl (C=O) groups excluding carboxylic acids is 1. The minimum Gasteiger partial charge on any atom is -0.332 e. The zero-order chi connectivity index (χ0) is 21.9. The molecule has 4 fully saturated rings. The fourth-order valence-electron chi connectivity index (χ4n) is 6.74. The lowest BCUT2D eigenvalue weighted by atomic mass is 9.49. The van der Waals surface area contributed by atoms with Gasteiger partial charge in [-0.15, -0.1) is 10.2 Å². The van der Waals surface area contributed by atoms with E-state index < -0.39 is 0 Å². The average molecular weight is 467 g/mol. The van der Waals surface area contributed by atoms with E-state index in [9.17, 15) is 4.79 Å². The van der Waals surface area contributed by atoms with E-state index in [0.717, 1.165) is 44.8 Å². The lowest BCUT2D eigenvalue weighted by Gasteiger charge is -2.56. The predicted octanol–water partition coefficient (Wildman–Crippen LogP) is 4.58. The standard InChI is InChI=1S/C23H26N6OS2/c1-13-26-27-22-29(13)28-20(32-22)17-3-2-4-18(8-17)24-21(31)25-19(30)12-23-9-14-5-15(10-23)7-16(6-14)11-23/h2-4,8,14-16H,5-7,9-12H2,1H3,(H2,24,25,30,31). The maximum absolute atomic E-state index is 12.9. The zero-order valence-electron chi connectivity index (χ0n) is 18.0. The fraction of sp³-hybridized carbons (Fsp3) is 0.522. The van der Waals surface area contributed by atoms with Crippen LogP contribution in [0.25, 0.3) is 15.5 Å². The van der Waals surface area contributed by atoms with Gasteiger partial charge in [-0.25, -0.2) is 0 Å². The highest BCUT2D eigenvalue weighted by atomic mass is 32.1.